The van der Waals surface area contributed by atoms with E-state index in [2.05, 4.69) is 18.9 Å². The summed E-state index contributed by atoms with van der Waals surface area (Å²) in [4.78, 5) is 12.4. The van der Waals surface area contributed by atoms with Gasteiger partial charge in [-0.25, -0.2) is 0 Å². The van der Waals surface area contributed by atoms with E-state index in [1.165, 1.54) is 13.0 Å². The van der Waals surface area contributed by atoms with Crippen LogP contribution in [-0.4, -0.2) is 44.0 Å². The fourth-order valence-electron chi connectivity index (χ4n) is 1.59. The SMILES string of the molecule is CC.CC.CC1CC(=O)C1.CN1CCCOCC1. The predicted molar refractivity (Wildman–Crippen MR) is 79.0 cm³/mol. The van der Waals surface area contributed by atoms with E-state index < -0.39 is 0 Å². The molecule has 0 aromatic carbocycles. The van der Waals surface area contributed by atoms with E-state index in [1.54, 1.807) is 0 Å². The van der Waals surface area contributed by atoms with Gasteiger partial charge in [0.2, 0.25) is 0 Å². The Hall–Kier alpha value is -0.410. The molecule has 0 radical (unpaired) electrons. The lowest BCUT2D eigenvalue weighted by Gasteiger charge is -2.17. The summed E-state index contributed by atoms with van der Waals surface area (Å²) < 4.78 is 5.22. The van der Waals surface area contributed by atoms with E-state index in [4.69, 9.17) is 4.74 Å². The van der Waals surface area contributed by atoms with Crippen molar-refractivity contribution in [2.75, 3.05) is 33.4 Å². The van der Waals surface area contributed by atoms with Gasteiger partial charge in [-0.2, -0.15) is 0 Å². The maximum absolute atomic E-state index is 10.1. The van der Waals surface area contributed by atoms with Crippen LogP contribution in [-0.2, 0) is 9.53 Å². The molecular weight excluding hydrogens is 226 g/mol. The van der Waals surface area contributed by atoms with Gasteiger partial charge in [0.15, 0.2) is 0 Å². The largest absolute Gasteiger partial charge is 0.380 e. The monoisotopic (exact) mass is 259 g/mol. The summed E-state index contributed by atoms with van der Waals surface area (Å²) in [5.41, 5.74) is 0. The third-order valence-electron chi connectivity index (χ3n) is 2.60. The second kappa shape index (κ2) is 14.7. The van der Waals surface area contributed by atoms with E-state index in [0.29, 0.717) is 11.7 Å². The third-order valence-corrected chi connectivity index (χ3v) is 2.60. The van der Waals surface area contributed by atoms with Gasteiger partial charge < -0.3 is 9.64 Å². The standard InChI is InChI=1S/C6H13NO.C5H8O.2C2H6/c1-7-3-2-5-8-6-4-7;1-4-2-5(6)3-4;2*1-2/h2-6H2,1H3;4H,2-3H2,1H3;2*1-2H3. The summed E-state index contributed by atoms with van der Waals surface area (Å²) in [7, 11) is 2.13. The first-order valence-electron chi connectivity index (χ1n) is 7.46. The summed E-state index contributed by atoms with van der Waals surface area (Å²) in [6.07, 6.45) is 2.86. The fraction of sp³-hybridized carbons (Fsp3) is 0.933. The van der Waals surface area contributed by atoms with Crippen LogP contribution in [0.15, 0.2) is 0 Å². The van der Waals surface area contributed by atoms with E-state index in [1.807, 2.05) is 27.7 Å². The zero-order chi connectivity index (χ0) is 14.4. The zero-order valence-corrected chi connectivity index (χ0v) is 13.3. The second-order valence-corrected chi connectivity index (χ2v) is 4.32. The number of carbonyl (C=O) groups is 1. The molecule has 1 heterocycles. The number of rotatable bonds is 0. The number of ether oxygens (including phenoxy) is 1. The predicted octanol–water partition coefficient (Wildman–Crippen LogP) is 3.38. The number of hydrogen-bond acceptors (Lipinski definition) is 3. The molecule has 0 spiro atoms. The molecule has 1 aliphatic carbocycles. The highest BCUT2D eigenvalue weighted by Crippen LogP contribution is 2.20. The number of Topliss-reactive ketones (excluding diaryl/α,β-unsaturated/α-hetero) is 1. The first kappa shape index (κ1) is 19.9. The van der Waals surface area contributed by atoms with Crippen LogP contribution in [0, 0.1) is 5.92 Å². The van der Waals surface area contributed by atoms with Gasteiger partial charge in [0.1, 0.15) is 5.78 Å². The highest BCUT2D eigenvalue weighted by atomic mass is 16.5. The highest BCUT2D eigenvalue weighted by molar-refractivity contribution is 5.84. The molecule has 2 aliphatic rings. The third kappa shape index (κ3) is 12.1. The van der Waals surface area contributed by atoms with Crippen LogP contribution in [0.25, 0.3) is 0 Å². The molecule has 1 aliphatic heterocycles. The fourth-order valence-corrected chi connectivity index (χ4v) is 1.59. The quantitative estimate of drug-likeness (QED) is 0.668. The Labute approximate surface area is 114 Å². The Morgan fingerprint density at radius 1 is 1.06 bits per heavy atom. The van der Waals surface area contributed by atoms with E-state index >= 15 is 0 Å². The first-order chi connectivity index (χ1) is 8.68. The first-order valence-corrected chi connectivity index (χ1v) is 7.46. The van der Waals surface area contributed by atoms with Crippen LogP contribution in [0.5, 0.6) is 0 Å². The molecule has 0 unspecified atom stereocenters. The number of hydrogen-bond donors (Lipinski definition) is 0. The molecule has 110 valence electrons. The van der Waals surface area contributed by atoms with Crippen molar-refractivity contribution < 1.29 is 9.53 Å². The van der Waals surface area contributed by atoms with Gasteiger partial charge in [-0.15, -0.1) is 0 Å². The van der Waals surface area contributed by atoms with Crippen molar-refractivity contribution in [3.8, 4) is 0 Å². The Morgan fingerprint density at radius 3 is 2.00 bits per heavy atom. The van der Waals surface area contributed by atoms with Gasteiger partial charge in [0.25, 0.3) is 0 Å². The van der Waals surface area contributed by atoms with Gasteiger partial charge in [-0.05, 0) is 19.4 Å². The molecular formula is C15H33NO2. The Morgan fingerprint density at radius 2 is 1.61 bits per heavy atom. The summed E-state index contributed by atoms with van der Waals surface area (Å²) in [6, 6.07) is 0. The Bertz CT molecular complexity index is 167. The van der Waals surface area contributed by atoms with Crippen molar-refractivity contribution in [3.63, 3.8) is 0 Å². The highest BCUT2D eigenvalue weighted by Gasteiger charge is 2.20. The van der Waals surface area contributed by atoms with Crippen LogP contribution in [0.2, 0.25) is 0 Å². The van der Waals surface area contributed by atoms with Gasteiger partial charge in [-0.3, -0.25) is 4.79 Å². The minimum absolute atomic E-state index is 0.433. The molecule has 0 aromatic heterocycles. The minimum Gasteiger partial charge on any atom is -0.380 e. The van der Waals surface area contributed by atoms with Gasteiger partial charge in [0, 0.05) is 32.5 Å². The van der Waals surface area contributed by atoms with Gasteiger partial charge in [0.05, 0.1) is 6.61 Å². The van der Waals surface area contributed by atoms with E-state index in [9.17, 15) is 4.79 Å². The summed E-state index contributed by atoms with van der Waals surface area (Å²) in [5, 5.41) is 0. The summed E-state index contributed by atoms with van der Waals surface area (Å²) >= 11 is 0. The van der Waals surface area contributed by atoms with Gasteiger partial charge in [-0.1, -0.05) is 34.6 Å². The van der Waals surface area contributed by atoms with Crippen molar-refractivity contribution >= 4 is 5.78 Å². The zero-order valence-electron chi connectivity index (χ0n) is 13.3. The molecule has 3 heteroatoms. The summed E-state index contributed by atoms with van der Waals surface area (Å²) in [5.74, 6) is 1.13. The van der Waals surface area contributed by atoms with Crippen molar-refractivity contribution in [1.29, 1.82) is 0 Å². The molecule has 2 fully saturated rings. The maximum Gasteiger partial charge on any atom is 0.133 e. The number of carbonyl (C=O) groups excluding carboxylic acids is 1. The molecule has 18 heavy (non-hydrogen) atoms. The van der Waals surface area contributed by atoms with Crippen LogP contribution < -0.4 is 0 Å². The Balaban J connectivity index is 0. The maximum atomic E-state index is 10.1. The average molecular weight is 259 g/mol. The molecule has 1 saturated carbocycles. The average Bonchev–Trinajstić information content (AvgIpc) is 2.61. The van der Waals surface area contributed by atoms with Crippen LogP contribution >= 0.6 is 0 Å². The van der Waals surface area contributed by atoms with Crippen molar-refractivity contribution in [2.45, 2.75) is 53.9 Å². The lowest BCUT2D eigenvalue weighted by molar-refractivity contribution is -0.126. The van der Waals surface area contributed by atoms with Crippen molar-refractivity contribution in [2.24, 2.45) is 5.92 Å². The van der Waals surface area contributed by atoms with Crippen LogP contribution in [0.3, 0.4) is 0 Å². The van der Waals surface area contributed by atoms with E-state index in [-0.39, 0.29) is 0 Å². The molecule has 0 bridgehead atoms. The molecule has 0 atom stereocenters. The van der Waals surface area contributed by atoms with Crippen molar-refractivity contribution in [1.82, 2.24) is 4.90 Å². The number of ketones is 1. The summed E-state index contributed by atoms with van der Waals surface area (Å²) in [6.45, 7) is 14.3. The lowest BCUT2D eigenvalue weighted by atomic mass is 9.86. The van der Waals surface area contributed by atoms with E-state index in [0.717, 1.165) is 32.6 Å². The second-order valence-electron chi connectivity index (χ2n) is 4.32. The molecule has 0 N–H and O–H groups in total. The molecule has 0 aromatic rings. The van der Waals surface area contributed by atoms with Crippen LogP contribution in [0.1, 0.15) is 53.9 Å². The van der Waals surface area contributed by atoms with Gasteiger partial charge >= 0.3 is 0 Å². The molecule has 1 saturated heterocycles. The number of nitrogens with zero attached hydrogens (tertiary/aromatic N) is 1. The topological polar surface area (TPSA) is 29.5 Å². The van der Waals surface area contributed by atoms with Crippen molar-refractivity contribution in [3.05, 3.63) is 0 Å². The number of likely N-dealkylation sites (N-methyl/N-ethyl adjacent to an activating group) is 1. The normalized spacial score (nSPS) is 19.8. The lowest BCUT2D eigenvalue weighted by Crippen LogP contribution is -2.20. The van der Waals surface area contributed by atoms with Crippen LogP contribution in [0.4, 0.5) is 0 Å². The minimum atomic E-state index is 0.433. The molecule has 2 rings (SSSR count). The molecule has 3 nitrogen and oxygen atoms in total. The molecule has 0 amide bonds. The Kier molecular flexibility index (Phi) is 16.2. The smallest absolute Gasteiger partial charge is 0.133 e.